The minimum Gasteiger partial charge on any atom is -0.449 e. The molecule has 0 aromatic carbocycles. The lowest BCUT2D eigenvalue weighted by molar-refractivity contribution is -0.134. The number of piperidine rings is 1. The summed E-state index contributed by atoms with van der Waals surface area (Å²) in [5.74, 6) is 0.0342. The number of hydrogen-bond donors (Lipinski definition) is 1. The molecule has 2 aliphatic heterocycles. The molecular weight excluding hydrogens is 348 g/mol. The van der Waals surface area contributed by atoms with E-state index in [0.717, 1.165) is 24.2 Å². The molecule has 2 saturated heterocycles. The van der Waals surface area contributed by atoms with Crippen molar-refractivity contribution in [3.05, 3.63) is 23.9 Å². The van der Waals surface area contributed by atoms with Crippen molar-refractivity contribution in [3.8, 4) is 0 Å². The number of rotatable bonds is 5. The molecule has 0 saturated carbocycles. The van der Waals surface area contributed by atoms with Gasteiger partial charge in [0.15, 0.2) is 0 Å². The van der Waals surface area contributed by atoms with Gasteiger partial charge in [-0.25, -0.2) is 9.78 Å². The van der Waals surface area contributed by atoms with Gasteiger partial charge in [-0.2, -0.15) is 0 Å². The van der Waals surface area contributed by atoms with Gasteiger partial charge in [-0.05, 0) is 24.5 Å². The van der Waals surface area contributed by atoms with E-state index in [1.54, 1.807) is 11.1 Å². The summed E-state index contributed by atoms with van der Waals surface area (Å²) in [5, 5.41) is 2.37. The van der Waals surface area contributed by atoms with Gasteiger partial charge in [0.1, 0.15) is 5.82 Å². The van der Waals surface area contributed by atoms with E-state index in [9.17, 15) is 14.4 Å². The Kier molecular flexibility index (Phi) is 6.26. The summed E-state index contributed by atoms with van der Waals surface area (Å²) < 4.78 is 5.25. The van der Waals surface area contributed by atoms with Gasteiger partial charge in [0.2, 0.25) is 11.8 Å². The zero-order valence-corrected chi connectivity index (χ0v) is 15.6. The molecule has 8 nitrogen and oxygen atoms in total. The fourth-order valence-electron chi connectivity index (χ4n) is 3.32. The summed E-state index contributed by atoms with van der Waals surface area (Å²) in [6.45, 7) is 5.11. The van der Waals surface area contributed by atoms with E-state index in [-0.39, 0.29) is 23.8 Å². The number of pyridine rings is 1. The van der Waals surface area contributed by atoms with Crippen molar-refractivity contribution in [2.75, 3.05) is 37.7 Å². The number of piperazine rings is 1. The number of ether oxygens (including phenoxy) is 1. The third kappa shape index (κ3) is 4.75. The van der Waals surface area contributed by atoms with Crippen LogP contribution in [0.4, 0.5) is 10.6 Å². The number of unbranched alkanes of at least 4 members (excludes halogenated alkanes) is 1. The second-order valence-electron chi connectivity index (χ2n) is 6.90. The Morgan fingerprint density at radius 2 is 2.04 bits per heavy atom. The molecule has 146 valence electrons. The number of imide groups is 1. The smallest absolute Gasteiger partial charge is 0.409 e. The van der Waals surface area contributed by atoms with Gasteiger partial charge in [-0.1, -0.05) is 19.4 Å². The maximum absolute atomic E-state index is 12.0. The molecule has 27 heavy (non-hydrogen) atoms. The Hall–Kier alpha value is -2.64. The topological polar surface area (TPSA) is 91.8 Å². The fraction of sp³-hybridized carbons (Fsp3) is 0.579. The lowest BCUT2D eigenvalue weighted by Crippen LogP contribution is -2.49. The predicted octanol–water partition coefficient (Wildman–Crippen LogP) is 1.66. The molecule has 1 atom stereocenters. The largest absolute Gasteiger partial charge is 0.449 e. The van der Waals surface area contributed by atoms with E-state index in [1.165, 1.54) is 0 Å². The van der Waals surface area contributed by atoms with Gasteiger partial charge < -0.3 is 14.5 Å². The first-order valence-electron chi connectivity index (χ1n) is 9.54. The van der Waals surface area contributed by atoms with Crippen LogP contribution < -0.4 is 10.2 Å². The summed E-state index contributed by atoms with van der Waals surface area (Å²) >= 11 is 0. The van der Waals surface area contributed by atoms with E-state index >= 15 is 0 Å². The highest BCUT2D eigenvalue weighted by atomic mass is 16.6. The Morgan fingerprint density at radius 3 is 2.67 bits per heavy atom. The Bertz CT molecular complexity index is 683. The van der Waals surface area contributed by atoms with Crippen LogP contribution in [0.15, 0.2) is 18.3 Å². The highest BCUT2D eigenvalue weighted by Gasteiger charge is 2.28. The highest BCUT2D eigenvalue weighted by Crippen LogP contribution is 2.25. The Morgan fingerprint density at radius 1 is 1.26 bits per heavy atom. The number of carbonyl (C=O) groups is 3. The minimum atomic E-state index is -0.320. The van der Waals surface area contributed by atoms with E-state index < -0.39 is 0 Å². The van der Waals surface area contributed by atoms with Crippen LogP contribution in [0.2, 0.25) is 0 Å². The molecule has 1 aromatic heterocycles. The molecule has 0 radical (unpaired) electrons. The number of anilines is 1. The van der Waals surface area contributed by atoms with Crippen LogP contribution in [-0.2, 0) is 14.3 Å². The van der Waals surface area contributed by atoms with Crippen LogP contribution in [0.5, 0.6) is 0 Å². The second kappa shape index (κ2) is 8.83. The van der Waals surface area contributed by atoms with Crippen LogP contribution >= 0.6 is 0 Å². The van der Waals surface area contributed by atoms with E-state index in [2.05, 4.69) is 22.1 Å². The van der Waals surface area contributed by atoms with Crippen molar-refractivity contribution in [1.29, 1.82) is 0 Å². The number of hydrogen-bond acceptors (Lipinski definition) is 6. The normalized spacial score (nSPS) is 20.4. The molecule has 0 bridgehead atoms. The Labute approximate surface area is 158 Å². The van der Waals surface area contributed by atoms with Crippen LogP contribution in [0.25, 0.3) is 0 Å². The maximum Gasteiger partial charge on any atom is 0.409 e. The average Bonchev–Trinajstić information content (AvgIpc) is 2.68. The minimum absolute atomic E-state index is 0.216. The SMILES string of the molecule is CCCCOC(=O)N1CCN(c2ccc(C3CCC(=O)NC3=O)cn2)CC1. The van der Waals surface area contributed by atoms with Crippen LogP contribution in [0.3, 0.4) is 0 Å². The molecular formula is C19H26N4O4. The van der Waals surface area contributed by atoms with Crippen LogP contribution in [0.1, 0.15) is 44.1 Å². The number of amides is 3. The molecule has 3 heterocycles. The van der Waals surface area contributed by atoms with E-state index in [1.807, 2.05) is 12.1 Å². The second-order valence-corrected chi connectivity index (χ2v) is 6.90. The zero-order chi connectivity index (χ0) is 19.2. The van der Waals surface area contributed by atoms with Crippen molar-refractivity contribution in [1.82, 2.24) is 15.2 Å². The van der Waals surface area contributed by atoms with Gasteiger partial charge in [0.25, 0.3) is 0 Å². The number of aromatic nitrogens is 1. The van der Waals surface area contributed by atoms with Crippen LogP contribution in [0, 0.1) is 0 Å². The maximum atomic E-state index is 12.0. The van der Waals surface area contributed by atoms with Crippen molar-refractivity contribution in [3.63, 3.8) is 0 Å². The van der Waals surface area contributed by atoms with E-state index in [0.29, 0.717) is 45.6 Å². The third-order valence-corrected chi connectivity index (χ3v) is 5.00. The molecule has 0 spiro atoms. The summed E-state index contributed by atoms with van der Waals surface area (Å²) in [5.41, 5.74) is 0.821. The first-order valence-corrected chi connectivity index (χ1v) is 9.54. The molecule has 8 heteroatoms. The molecule has 2 aliphatic rings. The van der Waals surface area contributed by atoms with Crippen molar-refractivity contribution < 1.29 is 19.1 Å². The molecule has 2 fully saturated rings. The first kappa shape index (κ1) is 19.1. The van der Waals surface area contributed by atoms with Gasteiger partial charge in [-0.3, -0.25) is 14.9 Å². The Balaban J connectivity index is 1.52. The summed E-state index contributed by atoms with van der Waals surface area (Å²) in [6, 6.07) is 3.79. The van der Waals surface area contributed by atoms with Gasteiger partial charge >= 0.3 is 6.09 Å². The monoisotopic (exact) mass is 374 g/mol. The lowest BCUT2D eigenvalue weighted by Gasteiger charge is -2.34. The lowest BCUT2D eigenvalue weighted by atomic mass is 9.92. The predicted molar refractivity (Wildman–Crippen MR) is 99.4 cm³/mol. The number of nitrogens with one attached hydrogen (secondary N) is 1. The van der Waals surface area contributed by atoms with Crippen molar-refractivity contribution in [2.24, 2.45) is 0 Å². The van der Waals surface area contributed by atoms with Gasteiger partial charge in [-0.15, -0.1) is 0 Å². The standard InChI is InChI=1S/C19H26N4O4/c1-2-3-12-27-19(26)23-10-8-22(9-11-23)16-6-4-14(13-20-16)15-5-7-17(24)21-18(15)25/h4,6,13,15H,2-3,5,7-12H2,1H3,(H,21,24,25). The number of carbonyl (C=O) groups excluding carboxylic acids is 3. The summed E-state index contributed by atoms with van der Waals surface area (Å²) in [4.78, 5) is 43.6. The summed E-state index contributed by atoms with van der Waals surface area (Å²) in [7, 11) is 0. The molecule has 1 aromatic rings. The van der Waals surface area contributed by atoms with Gasteiger partial charge in [0.05, 0.1) is 12.5 Å². The summed E-state index contributed by atoms with van der Waals surface area (Å²) in [6.07, 6.45) is 4.22. The number of nitrogens with zero attached hydrogens (tertiary/aromatic N) is 3. The molecule has 3 amide bonds. The van der Waals surface area contributed by atoms with E-state index in [4.69, 9.17) is 4.74 Å². The van der Waals surface area contributed by atoms with Crippen LogP contribution in [-0.4, -0.2) is 60.6 Å². The molecule has 1 N–H and O–H groups in total. The average molecular weight is 374 g/mol. The quantitative estimate of drug-likeness (QED) is 0.623. The fourth-order valence-corrected chi connectivity index (χ4v) is 3.32. The van der Waals surface area contributed by atoms with Crippen molar-refractivity contribution >= 4 is 23.7 Å². The molecule has 3 rings (SSSR count). The van der Waals surface area contributed by atoms with Gasteiger partial charge in [0, 0.05) is 38.8 Å². The zero-order valence-electron chi connectivity index (χ0n) is 15.6. The molecule has 1 unspecified atom stereocenters. The third-order valence-electron chi connectivity index (χ3n) is 5.00. The van der Waals surface area contributed by atoms with Crippen molar-refractivity contribution in [2.45, 2.75) is 38.5 Å². The first-order chi connectivity index (χ1) is 13.1. The molecule has 0 aliphatic carbocycles. The highest BCUT2D eigenvalue weighted by molar-refractivity contribution is 6.00.